The topological polar surface area (TPSA) is 105 Å². The Hall–Kier alpha value is -4.86. The molecule has 0 amide bonds. The van der Waals surface area contributed by atoms with Gasteiger partial charge in [0.05, 0.1) is 11.8 Å². The standard InChI is InChI=1S/C27H24FN7O2/c28-21-12-10-20(11-13-21)24(36)37-23-14-8-19(9-15-23)18-29-34-26-31-25(30-22-6-2-1-3-7-22)32-27(33-26)35-16-4-5-17-35/h1-3,6-15,18H,4-5,16-17H2,(H2,30,31,32,33,34)/b29-18-. The number of esters is 1. The molecule has 0 bridgehead atoms. The highest BCUT2D eigenvalue weighted by molar-refractivity contribution is 5.91. The normalized spacial score (nSPS) is 13.1. The summed E-state index contributed by atoms with van der Waals surface area (Å²) in [7, 11) is 0. The van der Waals surface area contributed by atoms with Crippen molar-refractivity contribution in [1.29, 1.82) is 0 Å². The van der Waals surface area contributed by atoms with Gasteiger partial charge in [0.15, 0.2) is 0 Å². The van der Waals surface area contributed by atoms with Crippen LogP contribution in [0.3, 0.4) is 0 Å². The number of hydrogen-bond donors (Lipinski definition) is 2. The zero-order valence-electron chi connectivity index (χ0n) is 19.8. The van der Waals surface area contributed by atoms with Gasteiger partial charge in [0.25, 0.3) is 0 Å². The van der Waals surface area contributed by atoms with E-state index in [9.17, 15) is 9.18 Å². The number of hydrazone groups is 1. The van der Waals surface area contributed by atoms with Crippen LogP contribution in [-0.4, -0.2) is 40.2 Å². The predicted octanol–water partition coefficient (Wildman–Crippen LogP) is 5.02. The largest absolute Gasteiger partial charge is 0.423 e. The molecule has 9 nitrogen and oxygen atoms in total. The molecule has 1 saturated heterocycles. The van der Waals surface area contributed by atoms with Gasteiger partial charge in [0.2, 0.25) is 17.8 Å². The minimum Gasteiger partial charge on any atom is -0.423 e. The van der Waals surface area contributed by atoms with Crippen molar-refractivity contribution in [2.75, 3.05) is 28.7 Å². The first kappa shape index (κ1) is 23.9. The molecular formula is C27H24FN7O2. The molecule has 186 valence electrons. The quantitative estimate of drug-likeness (QED) is 0.151. The van der Waals surface area contributed by atoms with Gasteiger partial charge >= 0.3 is 5.97 Å². The Morgan fingerprint density at radius 3 is 2.32 bits per heavy atom. The summed E-state index contributed by atoms with van der Waals surface area (Å²) in [5.74, 6) is 0.720. The number of benzene rings is 3. The third kappa shape index (κ3) is 6.43. The van der Waals surface area contributed by atoms with Crippen molar-refractivity contribution in [3.05, 3.63) is 95.8 Å². The van der Waals surface area contributed by atoms with Crippen LogP contribution in [0, 0.1) is 5.82 Å². The van der Waals surface area contributed by atoms with Gasteiger partial charge in [0.1, 0.15) is 11.6 Å². The fourth-order valence-electron chi connectivity index (χ4n) is 3.72. The molecule has 0 saturated carbocycles. The van der Waals surface area contributed by atoms with Crippen molar-refractivity contribution in [3.8, 4) is 5.75 Å². The van der Waals surface area contributed by atoms with E-state index in [-0.39, 0.29) is 5.56 Å². The zero-order chi connectivity index (χ0) is 25.5. The van der Waals surface area contributed by atoms with E-state index in [4.69, 9.17) is 4.74 Å². The summed E-state index contributed by atoms with van der Waals surface area (Å²) >= 11 is 0. The van der Waals surface area contributed by atoms with Crippen LogP contribution in [0.1, 0.15) is 28.8 Å². The predicted molar refractivity (Wildman–Crippen MR) is 140 cm³/mol. The Morgan fingerprint density at radius 2 is 1.59 bits per heavy atom. The van der Waals surface area contributed by atoms with Crippen molar-refractivity contribution < 1.29 is 13.9 Å². The Balaban J connectivity index is 1.25. The van der Waals surface area contributed by atoms with Gasteiger partial charge in [-0.05, 0) is 79.1 Å². The second kappa shape index (κ2) is 11.3. The number of para-hydroxylation sites is 1. The van der Waals surface area contributed by atoms with Crippen LogP contribution in [-0.2, 0) is 0 Å². The molecule has 1 aromatic heterocycles. The summed E-state index contributed by atoms with van der Waals surface area (Å²) < 4.78 is 18.4. The van der Waals surface area contributed by atoms with E-state index in [0.717, 1.165) is 37.2 Å². The van der Waals surface area contributed by atoms with E-state index in [1.165, 1.54) is 24.3 Å². The molecule has 10 heteroatoms. The van der Waals surface area contributed by atoms with Crippen molar-refractivity contribution in [2.24, 2.45) is 5.10 Å². The Labute approximate surface area is 213 Å². The maximum absolute atomic E-state index is 13.0. The minimum atomic E-state index is -0.563. The number of ether oxygens (including phenoxy) is 1. The van der Waals surface area contributed by atoms with Gasteiger partial charge in [-0.3, -0.25) is 0 Å². The number of carbonyl (C=O) groups is 1. The Morgan fingerprint density at radius 1 is 0.892 bits per heavy atom. The van der Waals surface area contributed by atoms with Gasteiger partial charge < -0.3 is 15.0 Å². The van der Waals surface area contributed by atoms with E-state index in [1.54, 1.807) is 30.5 Å². The number of nitrogens with zero attached hydrogens (tertiary/aromatic N) is 5. The van der Waals surface area contributed by atoms with Crippen molar-refractivity contribution in [2.45, 2.75) is 12.8 Å². The SMILES string of the molecule is O=C(Oc1ccc(/C=N\Nc2nc(Nc3ccccc3)nc(N3CCCC3)n2)cc1)c1ccc(F)cc1. The lowest BCUT2D eigenvalue weighted by Gasteiger charge is -2.16. The highest BCUT2D eigenvalue weighted by Gasteiger charge is 2.17. The summed E-state index contributed by atoms with van der Waals surface area (Å²) in [5, 5.41) is 7.47. The minimum absolute atomic E-state index is 0.267. The fraction of sp³-hybridized carbons (Fsp3) is 0.148. The maximum atomic E-state index is 13.0. The van der Waals surface area contributed by atoms with Gasteiger partial charge in [0, 0.05) is 18.8 Å². The average molecular weight is 498 g/mol. The van der Waals surface area contributed by atoms with Gasteiger partial charge in [-0.15, -0.1) is 0 Å². The highest BCUT2D eigenvalue weighted by Crippen LogP contribution is 2.21. The van der Waals surface area contributed by atoms with Crippen LogP contribution in [0.4, 0.5) is 27.9 Å². The smallest absolute Gasteiger partial charge is 0.343 e. The number of carbonyl (C=O) groups excluding carboxylic acids is 1. The van der Waals surface area contributed by atoms with Gasteiger partial charge in [-0.2, -0.15) is 20.1 Å². The third-order valence-corrected chi connectivity index (χ3v) is 5.59. The average Bonchev–Trinajstić information content (AvgIpc) is 3.46. The lowest BCUT2D eigenvalue weighted by molar-refractivity contribution is 0.0734. The molecule has 37 heavy (non-hydrogen) atoms. The van der Waals surface area contributed by atoms with Crippen LogP contribution < -0.4 is 20.4 Å². The molecular weight excluding hydrogens is 473 g/mol. The van der Waals surface area contributed by atoms with Gasteiger partial charge in [-0.25, -0.2) is 14.6 Å². The molecule has 0 radical (unpaired) electrons. The summed E-state index contributed by atoms with van der Waals surface area (Å²) in [5.41, 5.74) is 4.79. The molecule has 3 aromatic carbocycles. The van der Waals surface area contributed by atoms with E-state index < -0.39 is 11.8 Å². The third-order valence-electron chi connectivity index (χ3n) is 5.59. The first-order valence-electron chi connectivity index (χ1n) is 11.8. The van der Waals surface area contributed by atoms with E-state index in [1.807, 2.05) is 30.3 Å². The number of aromatic nitrogens is 3. The lowest BCUT2D eigenvalue weighted by Crippen LogP contribution is -2.21. The monoisotopic (exact) mass is 497 g/mol. The molecule has 0 aliphatic carbocycles. The van der Waals surface area contributed by atoms with Crippen LogP contribution in [0.25, 0.3) is 0 Å². The van der Waals surface area contributed by atoms with Crippen LogP contribution >= 0.6 is 0 Å². The Bertz CT molecular complexity index is 1370. The summed E-state index contributed by atoms with van der Waals surface area (Å²) in [6.45, 7) is 1.80. The summed E-state index contributed by atoms with van der Waals surface area (Å²) in [4.78, 5) is 27.9. The number of halogens is 1. The maximum Gasteiger partial charge on any atom is 0.343 e. The molecule has 1 fully saturated rings. The van der Waals surface area contributed by atoms with Crippen molar-refractivity contribution in [3.63, 3.8) is 0 Å². The van der Waals surface area contributed by atoms with E-state index in [2.05, 4.69) is 35.7 Å². The van der Waals surface area contributed by atoms with Crippen LogP contribution in [0.15, 0.2) is 84.0 Å². The molecule has 0 spiro atoms. The van der Waals surface area contributed by atoms with Crippen LogP contribution in [0.5, 0.6) is 5.75 Å². The first-order chi connectivity index (χ1) is 18.1. The number of hydrogen-bond acceptors (Lipinski definition) is 9. The molecule has 1 aliphatic rings. The summed E-state index contributed by atoms with van der Waals surface area (Å²) in [6.07, 6.45) is 3.81. The van der Waals surface area contributed by atoms with Crippen LogP contribution in [0.2, 0.25) is 0 Å². The highest BCUT2D eigenvalue weighted by atomic mass is 19.1. The van der Waals surface area contributed by atoms with E-state index in [0.29, 0.717) is 23.6 Å². The first-order valence-corrected chi connectivity index (χ1v) is 11.8. The molecule has 0 unspecified atom stereocenters. The molecule has 2 heterocycles. The zero-order valence-corrected chi connectivity index (χ0v) is 19.8. The molecule has 1 aliphatic heterocycles. The number of nitrogens with one attached hydrogen (secondary N) is 2. The number of rotatable bonds is 8. The molecule has 2 N–H and O–H groups in total. The Kier molecular flexibility index (Phi) is 7.26. The molecule has 4 aromatic rings. The number of anilines is 4. The van der Waals surface area contributed by atoms with Gasteiger partial charge in [-0.1, -0.05) is 18.2 Å². The second-order valence-electron chi connectivity index (χ2n) is 8.30. The molecule has 5 rings (SSSR count). The second-order valence-corrected chi connectivity index (χ2v) is 8.30. The summed E-state index contributed by atoms with van der Waals surface area (Å²) in [6, 6.07) is 21.7. The lowest BCUT2D eigenvalue weighted by atomic mass is 10.2. The fourth-order valence-corrected chi connectivity index (χ4v) is 3.72. The van der Waals surface area contributed by atoms with E-state index >= 15 is 0 Å². The van der Waals surface area contributed by atoms with Crippen molar-refractivity contribution >= 4 is 35.7 Å². The van der Waals surface area contributed by atoms with Crippen molar-refractivity contribution in [1.82, 2.24) is 15.0 Å². The molecule has 0 atom stereocenters.